The summed E-state index contributed by atoms with van der Waals surface area (Å²) in [5, 5.41) is 7.77. The summed E-state index contributed by atoms with van der Waals surface area (Å²) in [6.07, 6.45) is 9.99. The number of nitrogens with zero attached hydrogens (tertiary/aromatic N) is 5. The Balaban J connectivity index is 1.13. The van der Waals surface area contributed by atoms with E-state index >= 15 is 0 Å². The number of fused-ring (bicyclic) bond motifs is 1. The summed E-state index contributed by atoms with van der Waals surface area (Å²) in [4.78, 5) is 19.5. The normalized spacial score (nSPS) is 20.0. The van der Waals surface area contributed by atoms with Crippen molar-refractivity contribution in [3.63, 3.8) is 0 Å². The second-order valence-corrected chi connectivity index (χ2v) is 11.4. The van der Waals surface area contributed by atoms with Crippen molar-refractivity contribution in [2.24, 2.45) is 0 Å². The summed E-state index contributed by atoms with van der Waals surface area (Å²) in [7, 11) is 0. The van der Waals surface area contributed by atoms with Gasteiger partial charge in [-0.2, -0.15) is 5.10 Å². The van der Waals surface area contributed by atoms with Crippen molar-refractivity contribution in [2.45, 2.75) is 64.0 Å². The molecule has 2 aliphatic heterocycles. The summed E-state index contributed by atoms with van der Waals surface area (Å²) in [6.45, 7) is 10.2. The first-order valence-corrected chi connectivity index (χ1v) is 14.2. The SMILES string of the molecule is CC(C)N1CCC(c2ccc(-c3cc4c(N5CCN(C(=O)NC6CCC6)CC5)ccnn4c3)cc2)CC1. The maximum Gasteiger partial charge on any atom is 0.317 e. The maximum absolute atomic E-state index is 12.6. The molecule has 1 saturated carbocycles. The van der Waals surface area contributed by atoms with Crippen LogP contribution in [0, 0.1) is 0 Å². The quantitative estimate of drug-likeness (QED) is 0.537. The number of urea groups is 1. The summed E-state index contributed by atoms with van der Waals surface area (Å²) < 4.78 is 2.00. The van der Waals surface area contributed by atoms with Gasteiger partial charge in [0.05, 0.1) is 11.2 Å². The second kappa shape index (κ2) is 10.4. The van der Waals surface area contributed by atoms with E-state index in [2.05, 4.69) is 76.7 Å². The van der Waals surface area contributed by atoms with Crippen LogP contribution in [0.4, 0.5) is 10.5 Å². The highest BCUT2D eigenvalue weighted by atomic mass is 16.2. The van der Waals surface area contributed by atoms with Gasteiger partial charge in [-0.05, 0) is 88.2 Å². The number of amides is 2. The van der Waals surface area contributed by atoms with E-state index < -0.39 is 0 Å². The van der Waals surface area contributed by atoms with Crippen molar-refractivity contribution in [1.82, 2.24) is 24.7 Å². The van der Waals surface area contributed by atoms with Gasteiger partial charge >= 0.3 is 6.03 Å². The van der Waals surface area contributed by atoms with Crippen molar-refractivity contribution in [3.8, 4) is 11.1 Å². The lowest BCUT2D eigenvalue weighted by Crippen LogP contribution is -2.54. The molecule has 3 aliphatic rings. The topological polar surface area (TPSA) is 56.1 Å². The van der Waals surface area contributed by atoms with Gasteiger partial charge in [0.2, 0.25) is 0 Å². The van der Waals surface area contributed by atoms with E-state index in [1.807, 2.05) is 15.6 Å². The van der Waals surface area contributed by atoms with Crippen molar-refractivity contribution < 1.29 is 4.79 Å². The summed E-state index contributed by atoms with van der Waals surface area (Å²) in [5.41, 5.74) is 6.20. The Bertz CT molecular complexity index is 1210. The van der Waals surface area contributed by atoms with E-state index in [4.69, 9.17) is 0 Å². The number of likely N-dealkylation sites (tertiary alicyclic amines) is 1. The smallest absolute Gasteiger partial charge is 0.317 e. The third-order valence-electron chi connectivity index (χ3n) is 8.80. The molecule has 2 amide bonds. The molecule has 1 aliphatic carbocycles. The van der Waals surface area contributed by atoms with Crippen LogP contribution in [-0.2, 0) is 0 Å². The van der Waals surface area contributed by atoms with Crippen LogP contribution in [0.2, 0.25) is 0 Å². The van der Waals surface area contributed by atoms with Gasteiger partial charge in [-0.1, -0.05) is 24.3 Å². The Hall–Kier alpha value is -3.06. The van der Waals surface area contributed by atoms with E-state index in [9.17, 15) is 4.79 Å². The van der Waals surface area contributed by atoms with Crippen LogP contribution in [-0.4, -0.2) is 76.8 Å². The van der Waals surface area contributed by atoms with E-state index in [-0.39, 0.29) is 6.03 Å². The van der Waals surface area contributed by atoms with Crippen LogP contribution in [0.5, 0.6) is 0 Å². The molecule has 3 aromatic rings. The highest BCUT2D eigenvalue weighted by Gasteiger charge is 2.26. The second-order valence-electron chi connectivity index (χ2n) is 11.4. The Morgan fingerprint density at radius 1 is 0.919 bits per heavy atom. The van der Waals surface area contributed by atoms with Gasteiger partial charge in [-0.3, -0.25) is 0 Å². The third-order valence-corrected chi connectivity index (χ3v) is 8.80. The summed E-state index contributed by atoms with van der Waals surface area (Å²) in [6, 6.07) is 14.7. The molecule has 6 rings (SSSR count). The lowest BCUT2D eigenvalue weighted by Gasteiger charge is -2.37. The van der Waals surface area contributed by atoms with Crippen LogP contribution in [0.25, 0.3) is 16.6 Å². The molecule has 2 aromatic heterocycles. The minimum Gasteiger partial charge on any atom is -0.366 e. The first-order chi connectivity index (χ1) is 18.0. The molecular formula is C30H40N6O. The van der Waals surface area contributed by atoms with E-state index in [0.29, 0.717) is 18.0 Å². The predicted molar refractivity (Wildman–Crippen MR) is 149 cm³/mol. The first-order valence-electron chi connectivity index (χ1n) is 14.2. The molecule has 2 saturated heterocycles. The summed E-state index contributed by atoms with van der Waals surface area (Å²) >= 11 is 0. The molecule has 0 bridgehead atoms. The number of carbonyl (C=O) groups excluding carboxylic acids is 1. The molecule has 1 aromatic carbocycles. The van der Waals surface area contributed by atoms with Crippen molar-refractivity contribution in [3.05, 3.63) is 54.4 Å². The number of hydrogen-bond donors (Lipinski definition) is 1. The van der Waals surface area contributed by atoms with Crippen LogP contribution >= 0.6 is 0 Å². The fourth-order valence-corrected chi connectivity index (χ4v) is 6.09. The van der Waals surface area contributed by atoms with Crippen LogP contribution in [0.3, 0.4) is 0 Å². The van der Waals surface area contributed by atoms with Gasteiger partial charge < -0.3 is 20.0 Å². The van der Waals surface area contributed by atoms with Crippen molar-refractivity contribution in [2.75, 3.05) is 44.2 Å². The Kier molecular flexibility index (Phi) is 6.80. The number of nitrogens with one attached hydrogen (secondary N) is 1. The predicted octanol–water partition coefficient (Wildman–Crippen LogP) is 4.97. The van der Waals surface area contributed by atoms with Gasteiger partial charge in [-0.15, -0.1) is 0 Å². The number of piperazine rings is 1. The molecule has 1 N–H and O–H groups in total. The maximum atomic E-state index is 12.6. The lowest BCUT2D eigenvalue weighted by molar-refractivity contribution is 0.172. The van der Waals surface area contributed by atoms with E-state index in [0.717, 1.165) is 44.5 Å². The highest BCUT2D eigenvalue weighted by molar-refractivity contribution is 5.80. The lowest BCUT2D eigenvalue weighted by atomic mass is 9.88. The Morgan fingerprint density at radius 3 is 2.30 bits per heavy atom. The number of benzene rings is 1. The van der Waals surface area contributed by atoms with Gasteiger partial charge in [0.15, 0.2) is 0 Å². The van der Waals surface area contributed by atoms with Gasteiger partial charge in [-0.25, -0.2) is 9.31 Å². The van der Waals surface area contributed by atoms with E-state index in [1.165, 1.54) is 54.7 Å². The zero-order chi connectivity index (χ0) is 25.4. The minimum atomic E-state index is 0.100. The fraction of sp³-hybridized carbons (Fsp3) is 0.533. The number of rotatable bonds is 5. The molecular weight excluding hydrogens is 460 g/mol. The van der Waals surface area contributed by atoms with Crippen molar-refractivity contribution in [1.29, 1.82) is 0 Å². The third kappa shape index (κ3) is 5.06. The molecule has 7 nitrogen and oxygen atoms in total. The number of anilines is 1. The zero-order valence-electron chi connectivity index (χ0n) is 22.3. The van der Waals surface area contributed by atoms with Gasteiger partial charge in [0.25, 0.3) is 0 Å². The monoisotopic (exact) mass is 500 g/mol. The summed E-state index contributed by atoms with van der Waals surface area (Å²) in [5.74, 6) is 0.667. The van der Waals surface area contributed by atoms with Crippen LogP contribution in [0.1, 0.15) is 57.4 Å². The minimum absolute atomic E-state index is 0.100. The molecule has 0 unspecified atom stereocenters. The number of aromatic nitrogens is 2. The number of hydrogen-bond acceptors (Lipinski definition) is 4. The van der Waals surface area contributed by atoms with Crippen LogP contribution < -0.4 is 10.2 Å². The molecule has 37 heavy (non-hydrogen) atoms. The molecule has 0 spiro atoms. The molecule has 0 atom stereocenters. The number of carbonyl (C=O) groups is 1. The molecule has 4 heterocycles. The Labute approximate surface area is 220 Å². The average molecular weight is 501 g/mol. The fourth-order valence-electron chi connectivity index (χ4n) is 6.09. The zero-order valence-corrected chi connectivity index (χ0v) is 22.3. The van der Waals surface area contributed by atoms with Gasteiger partial charge in [0.1, 0.15) is 0 Å². The van der Waals surface area contributed by atoms with Crippen molar-refractivity contribution >= 4 is 17.2 Å². The molecule has 0 radical (unpaired) electrons. The Morgan fingerprint density at radius 2 is 1.65 bits per heavy atom. The number of piperidine rings is 1. The average Bonchev–Trinajstić information content (AvgIpc) is 3.35. The van der Waals surface area contributed by atoms with E-state index in [1.54, 1.807) is 0 Å². The first kappa shape index (κ1) is 24.3. The molecule has 196 valence electrons. The van der Waals surface area contributed by atoms with Crippen LogP contribution in [0.15, 0.2) is 48.8 Å². The highest BCUT2D eigenvalue weighted by Crippen LogP contribution is 2.32. The standard InChI is InChI=1S/C30H40N6O/c1-22(2)33-14-11-25(12-15-33)23-6-8-24(9-7-23)26-20-29-28(10-13-31-36(29)21-26)34-16-18-35(19-17-34)30(37)32-27-4-3-5-27/h6-10,13,20-22,25,27H,3-5,11-12,14-19H2,1-2H3,(H,32,37). The van der Waals surface area contributed by atoms with Gasteiger partial charge in [0, 0.05) is 56.2 Å². The molecule has 7 heteroatoms. The largest absolute Gasteiger partial charge is 0.366 e. The molecule has 3 fully saturated rings.